The first-order valence-electron chi connectivity index (χ1n) is 11.9. The predicted molar refractivity (Wildman–Crippen MR) is 119 cm³/mol. The van der Waals surface area contributed by atoms with Gasteiger partial charge in [-0.05, 0) is 68.8 Å². The molecule has 4 aliphatic rings. The van der Waals surface area contributed by atoms with E-state index in [1.807, 2.05) is 0 Å². The number of carbonyl (C=O) groups is 1. The van der Waals surface area contributed by atoms with E-state index in [1.54, 1.807) is 24.3 Å². The number of esters is 1. The Hall–Kier alpha value is -2.05. The molecule has 0 aliphatic carbocycles. The number of phenols is 1. The van der Waals surface area contributed by atoms with E-state index in [1.165, 1.54) is 58.3 Å². The maximum Gasteiger partial charge on any atom is 0.331 e. The minimum Gasteiger partial charge on any atom is -0.504 e. The largest absolute Gasteiger partial charge is 0.504 e. The molecule has 5 atom stereocenters. The normalized spacial score (nSPS) is 33.5. The van der Waals surface area contributed by atoms with Crippen molar-refractivity contribution in [1.82, 2.24) is 9.80 Å². The molecular weight excluding hydrogens is 392 g/mol. The molecule has 1 aromatic carbocycles. The van der Waals surface area contributed by atoms with E-state index < -0.39 is 0 Å². The molecule has 168 valence electrons. The van der Waals surface area contributed by atoms with Crippen molar-refractivity contribution in [3.8, 4) is 11.5 Å². The lowest BCUT2D eigenvalue weighted by Gasteiger charge is -2.58. The van der Waals surface area contributed by atoms with E-state index in [4.69, 9.17) is 9.47 Å². The number of piperidine rings is 4. The van der Waals surface area contributed by atoms with Crippen LogP contribution in [-0.2, 0) is 9.53 Å². The lowest BCUT2D eigenvalue weighted by molar-refractivity contribution is -0.149. The third-order valence-corrected chi connectivity index (χ3v) is 7.85. The zero-order chi connectivity index (χ0) is 21.4. The number of carbonyl (C=O) groups excluding carboxylic acids is 1. The fourth-order valence-electron chi connectivity index (χ4n) is 6.45. The Morgan fingerprint density at radius 2 is 1.74 bits per heavy atom. The Balaban J connectivity index is 1.18. The number of phenolic OH excluding ortho intramolecular Hbond substituents is 1. The number of nitrogens with zero attached hydrogens (tertiary/aromatic N) is 2. The first-order chi connectivity index (χ1) is 15.1. The van der Waals surface area contributed by atoms with Crippen LogP contribution in [0.2, 0.25) is 0 Å². The van der Waals surface area contributed by atoms with Crippen LogP contribution in [0, 0.1) is 0 Å². The van der Waals surface area contributed by atoms with Gasteiger partial charge in [0.15, 0.2) is 11.5 Å². The maximum absolute atomic E-state index is 12.4. The van der Waals surface area contributed by atoms with Crippen molar-refractivity contribution in [1.29, 1.82) is 0 Å². The Labute approximate surface area is 184 Å². The van der Waals surface area contributed by atoms with Crippen LogP contribution in [-0.4, -0.2) is 71.3 Å². The smallest absolute Gasteiger partial charge is 0.331 e. The highest BCUT2D eigenvalue weighted by molar-refractivity contribution is 5.87. The van der Waals surface area contributed by atoms with E-state index >= 15 is 0 Å². The molecule has 5 rings (SSSR count). The van der Waals surface area contributed by atoms with Crippen LogP contribution >= 0.6 is 0 Å². The Kier molecular flexibility index (Phi) is 5.93. The van der Waals surface area contributed by atoms with Crippen LogP contribution in [0.15, 0.2) is 24.3 Å². The zero-order valence-electron chi connectivity index (χ0n) is 18.4. The minimum absolute atomic E-state index is 0.00346. The van der Waals surface area contributed by atoms with Crippen molar-refractivity contribution in [2.75, 3.05) is 20.2 Å². The highest BCUT2D eigenvalue weighted by Crippen LogP contribution is 2.42. The number of hydrogen-bond donors (Lipinski definition) is 1. The molecule has 4 fully saturated rings. The summed E-state index contributed by atoms with van der Waals surface area (Å²) in [7, 11) is 1.51. The number of ether oxygens (including phenoxy) is 2. The SMILES string of the molecule is COc1cc(/C=C\C(=O)OC2CCN3[C@@H]4C[C@@H](C[C@@H]3C2)N2CCCC[C@@H]2C4)ccc1O. The molecule has 0 amide bonds. The highest BCUT2D eigenvalue weighted by atomic mass is 16.5. The molecule has 1 aromatic rings. The summed E-state index contributed by atoms with van der Waals surface area (Å²) in [4.78, 5) is 18.0. The number of methoxy groups -OCH3 is 1. The number of hydrogen-bond acceptors (Lipinski definition) is 6. The van der Waals surface area contributed by atoms with Crippen molar-refractivity contribution < 1.29 is 19.4 Å². The molecule has 6 nitrogen and oxygen atoms in total. The topological polar surface area (TPSA) is 62.2 Å². The van der Waals surface area contributed by atoms with E-state index in [2.05, 4.69) is 9.80 Å². The molecule has 6 heteroatoms. The predicted octanol–water partition coefficient (Wildman–Crippen LogP) is 3.58. The molecule has 0 aromatic heterocycles. The van der Waals surface area contributed by atoms with Crippen molar-refractivity contribution in [3.05, 3.63) is 29.8 Å². The Bertz CT molecular complexity index is 841. The van der Waals surface area contributed by atoms with Gasteiger partial charge >= 0.3 is 5.97 Å². The van der Waals surface area contributed by atoms with Crippen molar-refractivity contribution in [2.45, 2.75) is 81.6 Å². The molecule has 0 spiro atoms. The van der Waals surface area contributed by atoms with Crippen molar-refractivity contribution in [3.63, 3.8) is 0 Å². The molecular formula is C25H34N2O4. The molecule has 0 saturated carbocycles. The lowest BCUT2D eigenvalue weighted by Crippen LogP contribution is -2.65. The third kappa shape index (κ3) is 4.33. The number of aromatic hydroxyl groups is 1. The summed E-state index contributed by atoms with van der Waals surface area (Å²) in [5.41, 5.74) is 0.789. The second-order valence-electron chi connectivity index (χ2n) is 9.64. The summed E-state index contributed by atoms with van der Waals surface area (Å²) in [5.74, 6) is 0.182. The van der Waals surface area contributed by atoms with E-state index in [-0.39, 0.29) is 17.8 Å². The van der Waals surface area contributed by atoms with E-state index in [0.29, 0.717) is 11.8 Å². The van der Waals surface area contributed by atoms with Crippen LogP contribution in [0.25, 0.3) is 6.08 Å². The minimum atomic E-state index is -0.294. The average Bonchev–Trinajstić information content (AvgIpc) is 2.78. The van der Waals surface area contributed by atoms with Gasteiger partial charge in [0.2, 0.25) is 0 Å². The first kappa shape index (κ1) is 20.8. The van der Waals surface area contributed by atoms with Gasteiger partial charge in [-0.25, -0.2) is 4.79 Å². The van der Waals surface area contributed by atoms with Gasteiger partial charge in [-0.15, -0.1) is 0 Å². The fourth-order valence-corrected chi connectivity index (χ4v) is 6.45. The number of benzene rings is 1. The lowest BCUT2D eigenvalue weighted by atomic mass is 9.76. The highest BCUT2D eigenvalue weighted by Gasteiger charge is 2.47. The van der Waals surface area contributed by atoms with Gasteiger partial charge in [0.25, 0.3) is 0 Å². The molecule has 2 bridgehead atoms. The second-order valence-corrected chi connectivity index (χ2v) is 9.64. The molecule has 4 heterocycles. The van der Waals surface area contributed by atoms with Crippen LogP contribution < -0.4 is 4.74 Å². The van der Waals surface area contributed by atoms with Gasteiger partial charge < -0.3 is 14.6 Å². The molecule has 1 unspecified atom stereocenters. The van der Waals surface area contributed by atoms with Crippen molar-refractivity contribution >= 4 is 12.0 Å². The molecule has 0 radical (unpaired) electrons. The van der Waals surface area contributed by atoms with Gasteiger partial charge in [-0.3, -0.25) is 9.80 Å². The summed E-state index contributed by atoms with van der Waals surface area (Å²) in [6.07, 6.45) is 13.1. The second kappa shape index (κ2) is 8.83. The summed E-state index contributed by atoms with van der Waals surface area (Å²) in [5, 5.41) is 9.70. The van der Waals surface area contributed by atoms with Gasteiger partial charge in [0, 0.05) is 43.2 Å². The summed E-state index contributed by atoms with van der Waals surface area (Å²) in [6, 6.07) is 7.81. The van der Waals surface area contributed by atoms with E-state index in [0.717, 1.165) is 43.1 Å². The monoisotopic (exact) mass is 426 g/mol. The van der Waals surface area contributed by atoms with Crippen LogP contribution in [0.4, 0.5) is 0 Å². The summed E-state index contributed by atoms with van der Waals surface area (Å²) < 4.78 is 10.9. The molecule has 4 aliphatic heterocycles. The molecule has 31 heavy (non-hydrogen) atoms. The number of rotatable bonds is 4. The van der Waals surface area contributed by atoms with Crippen LogP contribution in [0.3, 0.4) is 0 Å². The first-order valence-corrected chi connectivity index (χ1v) is 11.9. The van der Waals surface area contributed by atoms with Gasteiger partial charge in [0.1, 0.15) is 6.10 Å². The quantitative estimate of drug-likeness (QED) is 0.587. The van der Waals surface area contributed by atoms with Gasteiger partial charge in [-0.1, -0.05) is 12.5 Å². The van der Waals surface area contributed by atoms with Crippen molar-refractivity contribution in [2.24, 2.45) is 0 Å². The number of fused-ring (bicyclic) bond motifs is 6. The van der Waals surface area contributed by atoms with Crippen LogP contribution in [0.1, 0.15) is 56.9 Å². The summed E-state index contributed by atoms with van der Waals surface area (Å²) in [6.45, 7) is 2.33. The Morgan fingerprint density at radius 1 is 1.00 bits per heavy atom. The zero-order valence-corrected chi connectivity index (χ0v) is 18.4. The Morgan fingerprint density at radius 3 is 2.55 bits per heavy atom. The maximum atomic E-state index is 12.4. The van der Waals surface area contributed by atoms with Gasteiger partial charge in [0.05, 0.1) is 7.11 Å². The molecule has 1 N–H and O–H groups in total. The van der Waals surface area contributed by atoms with Gasteiger partial charge in [-0.2, -0.15) is 0 Å². The summed E-state index contributed by atoms with van der Waals surface area (Å²) >= 11 is 0. The third-order valence-electron chi connectivity index (χ3n) is 7.85. The molecule has 4 saturated heterocycles. The van der Waals surface area contributed by atoms with E-state index in [9.17, 15) is 9.90 Å². The fraction of sp³-hybridized carbons (Fsp3) is 0.640. The average molecular weight is 427 g/mol. The standard InChI is InChI=1S/C25H34N2O4/c1-30-24-12-17(5-7-23(24)28)6-8-25(29)31-22-9-11-27-19-13-18-4-2-3-10-26(18)20(14-19)15-21(27)16-22/h5-8,12,18-22,28H,2-4,9-11,13-16H2,1H3/b8-6-/t18-,19+,20+,21-,22?/m1/s1. The van der Waals surface area contributed by atoms with Crippen LogP contribution in [0.5, 0.6) is 11.5 Å².